The van der Waals surface area contributed by atoms with Crippen LogP contribution in [0, 0.1) is 0 Å². The van der Waals surface area contributed by atoms with Gasteiger partial charge in [-0.2, -0.15) is 0 Å². The van der Waals surface area contributed by atoms with Gasteiger partial charge in [0.2, 0.25) is 0 Å². The van der Waals surface area contributed by atoms with E-state index in [2.05, 4.69) is 29.6 Å². The third-order valence-electron chi connectivity index (χ3n) is 3.67. The van der Waals surface area contributed by atoms with Gasteiger partial charge in [0, 0.05) is 17.8 Å². The number of hydrogen-bond acceptors (Lipinski definition) is 3. The molecule has 3 heteroatoms. The number of ether oxygens (including phenoxy) is 1. The highest BCUT2D eigenvalue weighted by Gasteiger charge is 2.27. The van der Waals surface area contributed by atoms with Crippen molar-refractivity contribution in [2.75, 3.05) is 12.4 Å². The molecule has 2 atom stereocenters. The Kier molecular flexibility index (Phi) is 3.13. The average molecular weight is 254 g/mol. The van der Waals surface area contributed by atoms with Crippen LogP contribution in [-0.2, 0) is 0 Å². The van der Waals surface area contributed by atoms with Crippen molar-refractivity contribution in [3.05, 3.63) is 59.7 Å². The van der Waals surface area contributed by atoms with Crippen molar-refractivity contribution < 1.29 is 4.74 Å². The van der Waals surface area contributed by atoms with Gasteiger partial charge in [-0.1, -0.05) is 30.3 Å². The maximum Gasteiger partial charge on any atom is 0.120 e. The Hall–Kier alpha value is -2.00. The van der Waals surface area contributed by atoms with Crippen molar-refractivity contribution in [1.29, 1.82) is 0 Å². The second kappa shape index (κ2) is 4.94. The zero-order chi connectivity index (χ0) is 13.2. The van der Waals surface area contributed by atoms with Gasteiger partial charge in [0.05, 0.1) is 13.2 Å². The van der Waals surface area contributed by atoms with Gasteiger partial charge in [-0.05, 0) is 29.7 Å². The Morgan fingerprint density at radius 3 is 2.68 bits per heavy atom. The number of rotatable bonds is 3. The molecule has 0 radical (unpaired) electrons. The lowest BCUT2D eigenvalue weighted by Crippen LogP contribution is -2.09. The van der Waals surface area contributed by atoms with Gasteiger partial charge in [-0.15, -0.1) is 0 Å². The first kappa shape index (κ1) is 12.1. The summed E-state index contributed by atoms with van der Waals surface area (Å²) in [6, 6.07) is 16.8. The van der Waals surface area contributed by atoms with Gasteiger partial charge in [0.15, 0.2) is 0 Å². The lowest BCUT2D eigenvalue weighted by molar-refractivity contribution is 0.415. The summed E-state index contributed by atoms with van der Waals surface area (Å²) in [5.41, 5.74) is 9.80. The van der Waals surface area contributed by atoms with Crippen LogP contribution in [0.15, 0.2) is 48.5 Å². The summed E-state index contributed by atoms with van der Waals surface area (Å²) >= 11 is 0. The van der Waals surface area contributed by atoms with E-state index in [1.54, 1.807) is 7.11 Å². The third-order valence-corrected chi connectivity index (χ3v) is 3.67. The number of hydrogen-bond donors (Lipinski definition) is 2. The van der Waals surface area contributed by atoms with Crippen molar-refractivity contribution in [3.63, 3.8) is 0 Å². The number of fused-ring (bicyclic) bond motifs is 1. The van der Waals surface area contributed by atoms with E-state index in [0.717, 1.165) is 17.9 Å². The molecular weight excluding hydrogens is 236 g/mol. The second-order valence-electron chi connectivity index (χ2n) is 4.90. The van der Waals surface area contributed by atoms with E-state index < -0.39 is 0 Å². The maximum atomic E-state index is 6.18. The summed E-state index contributed by atoms with van der Waals surface area (Å²) in [7, 11) is 1.68. The predicted molar refractivity (Wildman–Crippen MR) is 77.3 cm³/mol. The normalized spacial score (nSPS) is 20.9. The first-order valence-corrected chi connectivity index (χ1v) is 6.53. The molecule has 1 aliphatic rings. The van der Waals surface area contributed by atoms with Crippen LogP contribution >= 0.6 is 0 Å². The summed E-state index contributed by atoms with van der Waals surface area (Å²) in [6.45, 7) is 0. The van der Waals surface area contributed by atoms with Gasteiger partial charge in [-0.25, -0.2) is 0 Å². The van der Waals surface area contributed by atoms with Gasteiger partial charge >= 0.3 is 0 Å². The summed E-state index contributed by atoms with van der Waals surface area (Å²) < 4.78 is 5.25. The quantitative estimate of drug-likeness (QED) is 0.884. The molecule has 0 amide bonds. The second-order valence-corrected chi connectivity index (χ2v) is 4.90. The molecule has 0 saturated heterocycles. The van der Waals surface area contributed by atoms with Crippen molar-refractivity contribution in [1.82, 2.24) is 0 Å². The Bertz CT molecular complexity index is 582. The van der Waals surface area contributed by atoms with E-state index in [1.807, 2.05) is 24.3 Å². The van der Waals surface area contributed by atoms with Crippen molar-refractivity contribution >= 4 is 5.69 Å². The standard InChI is InChI=1S/C16H18N2O/c1-19-12-6-4-5-11(9-12)18-16-10-15(17)13-7-2-3-8-14(13)16/h2-9,15-16,18H,10,17H2,1H3. The largest absolute Gasteiger partial charge is 0.497 e. The zero-order valence-electron chi connectivity index (χ0n) is 11.0. The molecule has 3 N–H and O–H groups in total. The molecule has 0 bridgehead atoms. The molecule has 0 aromatic heterocycles. The van der Waals surface area contributed by atoms with Crippen LogP contribution < -0.4 is 15.8 Å². The summed E-state index contributed by atoms with van der Waals surface area (Å²) in [4.78, 5) is 0. The van der Waals surface area contributed by atoms with E-state index in [4.69, 9.17) is 10.5 Å². The zero-order valence-corrected chi connectivity index (χ0v) is 11.0. The minimum absolute atomic E-state index is 0.124. The fourth-order valence-electron chi connectivity index (χ4n) is 2.72. The van der Waals surface area contributed by atoms with Crippen LogP contribution in [-0.4, -0.2) is 7.11 Å². The lowest BCUT2D eigenvalue weighted by atomic mass is 10.1. The maximum absolute atomic E-state index is 6.18. The van der Waals surface area contributed by atoms with Crippen molar-refractivity contribution in [2.45, 2.75) is 18.5 Å². The number of nitrogens with one attached hydrogen (secondary N) is 1. The van der Waals surface area contributed by atoms with Gasteiger partial charge in [0.1, 0.15) is 5.75 Å². The fraction of sp³-hybridized carbons (Fsp3) is 0.250. The van der Waals surface area contributed by atoms with E-state index in [0.29, 0.717) is 0 Å². The third kappa shape index (κ3) is 2.29. The molecule has 0 aliphatic heterocycles. The molecule has 1 aliphatic carbocycles. The van der Waals surface area contributed by atoms with Gasteiger partial charge in [-0.3, -0.25) is 0 Å². The Balaban J connectivity index is 1.85. The number of benzene rings is 2. The first-order chi connectivity index (χ1) is 9.28. The van der Waals surface area contributed by atoms with Crippen LogP contribution in [0.4, 0.5) is 5.69 Å². The van der Waals surface area contributed by atoms with Gasteiger partial charge in [0.25, 0.3) is 0 Å². The SMILES string of the molecule is COc1cccc(NC2CC(N)c3ccccc32)c1. The lowest BCUT2D eigenvalue weighted by Gasteiger charge is -2.16. The first-order valence-electron chi connectivity index (χ1n) is 6.53. The van der Waals surface area contributed by atoms with E-state index in [-0.39, 0.29) is 12.1 Å². The molecule has 2 aromatic carbocycles. The molecule has 19 heavy (non-hydrogen) atoms. The summed E-state index contributed by atoms with van der Waals surface area (Å²) in [6.07, 6.45) is 0.927. The number of anilines is 1. The fourth-order valence-corrected chi connectivity index (χ4v) is 2.72. The Morgan fingerprint density at radius 1 is 1.11 bits per heavy atom. The Morgan fingerprint density at radius 2 is 1.89 bits per heavy atom. The smallest absolute Gasteiger partial charge is 0.120 e. The molecule has 0 fully saturated rings. The highest BCUT2D eigenvalue weighted by atomic mass is 16.5. The number of nitrogens with two attached hydrogens (primary N) is 1. The summed E-state index contributed by atoms with van der Waals surface area (Å²) in [5.74, 6) is 0.862. The van der Waals surface area contributed by atoms with E-state index in [9.17, 15) is 0 Å². The highest BCUT2D eigenvalue weighted by Crippen LogP contribution is 2.39. The molecule has 0 heterocycles. The molecule has 3 rings (SSSR count). The van der Waals surface area contributed by atoms with Crippen molar-refractivity contribution in [3.8, 4) is 5.75 Å². The minimum atomic E-state index is 0.124. The molecular formula is C16H18N2O. The monoisotopic (exact) mass is 254 g/mol. The van der Waals surface area contributed by atoms with E-state index >= 15 is 0 Å². The number of methoxy groups -OCH3 is 1. The molecule has 0 spiro atoms. The molecule has 2 aromatic rings. The predicted octanol–water partition coefficient (Wildman–Crippen LogP) is 3.25. The Labute approximate surface area is 113 Å². The average Bonchev–Trinajstić information content (AvgIpc) is 2.76. The minimum Gasteiger partial charge on any atom is -0.497 e. The van der Waals surface area contributed by atoms with Crippen LogP contribution in [0.3, 0.4) is 0 Å². The molecule has 98 valence electrons. The van der Waals surface area contributed by atoms with Crippen LogP contribution in [0.2, 0.25) is 0 Å². The van der Waals surface area contributed by atoms with E-state index in [1.165, 1.54) is 11.1 Å². The summed E-state index contributed by atoms with van der Waals surface area (Å²) in [5, 5.41) is 3.54. The molecule has 0 saturated carbocycles. The highest BCUT2D eigenvalue weighted by molar-refractivity contribution is 5.52. The van der Waals surface area contributed by atoms with Crippen LogP contribution in [0.25, 0.3) is 0 Å². The van der Waals surface area contributed by atoms with Crippen molar-refractivity contribution in [2.24, 2.45) is 5.73 Å². The molecule has 2 unspecified atom stereocenters. The van der Waals surface area contributed by atoms with Gasteiger partial charge < -0.3 is 15.8 Å². The molecule has 3 nitrogen and oxygen atoms in total. The van der Waals surface area contributed by atoms with Crippen LogP contribution in [0.5, 0.6) is 5.75 Å². The topological polar surface area (TPSA) is 47.3 Å². The van der Waals surface area contributed by atoms with Crippen LogP contribution in [0.1, 0.15) is 29.6 Å².